The van der Waals surface area contributed by atoms with E-state index >= 15 is 0 Å². The monoisotopic (exact) mass is 322 g/mol. The summed E-state index contributed by atoms with van der Waals surface area (Å²) in [7, 11) is 0. The molecule has 1 aromatic rings. The first-order chi connectivity index (χ1) is 6.43. The van der Waals surface area contributed by atoms with Crippen LogP contribution in [0.3, 0.4) is 0 Å². The number of benzene rings is 1. The van der Waals surface area contributed by atoms with E-state index in [-0.39, 0.29) is 69.6 Å². The molecule has 4 nitrogen and oxygen atoms in total. The topological polar surface area (TPSA) is 80.3 Å². The molecule has 0 fully saturated rings. The average molecular weight is 323 g/mol. The zero-order valence-electron chi connectivity index (χ0n) is 9.07. The third kappa shape index (κ3) is 4.88. The van der Waals surface area contributed by atoms with E-state index < -0.39 is 17.0 Å². The molecular formula is C8H5BrNa2O4S. The molecule has 1 atom stereocenters. The van der Waals surface area contributed by atoms with Crippen molar-refractivity contribution in [2.24, 2.45) is 0 Å². The molecule has 1 aromatic carbocycles. The number of halogens is 1. The maximum absolute atomic E-state index is 10.7. The molecule has 0 heterocycles. The van der Waals surface area contributed by atoms with Gasteiger partial charge in [-0.25, -0.2) is 0 Å². The van der Waals surface area contributed by atoms with E-state index in [1.54, 1.807) is 6.92 Å². The summed E-state index contributed by atoms with van der Waals surface area (Å²) in [6.45, 7) is 1.60. The second-order valence-corrected chi connectivity index (χ2v) is 4.33. The van der Waals surface area contributed by atoms with Crippen LogP contribution in [0.4, 0.5) is 0 Å². The van der Waals surface area contributed by atoms with E-state index in [0.29, 0.717) is 10.0 Å². The normalized spacial score (nSPS) is 10.9. The van der Waals surface area contributed by atoms with Crippen molar-refractivity contribution in [3.63, 3.8) is 0 Å². The molecule has 1 rings (SSSR count). The van der Waals surface area contributed by atoms with Gasteiger partial charge in [-0.05, 0) is 57.2 Å². The van der Waals surface area contributed by atoms with Gasteiger partial charge in [-0.1, -0.05) is 0 Å². The molecule has 0 radical (unpaired) electrons. The van der Waals surface area contributed by atoms with Crippen LogP contribution >= 0.6 is 15.9 Å². The fourth-order valence-corrected chi connectivity index (χ4v) is 2.13. The average Bonchev–Trinajstić information content (AvgIpc) is 2.08. The van der Waals surface area contributed by atoms with Crippen molar-refractivity contribution in [2.75, 3.05) is 0 Å². The third-order valence-electron chi connectivity index (χ3n) is 1.64. The molecule has 0 bridgehead atoms. The molecule has 76 valence electrons. The quantitative estimate of drug-likeness (QED) is 0.401. The van der Waals surface area contributed by atoms with Crippen LogP contribution < -0.4 is 64.2 Å². The fraction of sp³-hybridized carbons (Fsp3) is 0.125. The molecule has 1 unspecified atom stereocenters. The Bertz CT molecular complexity index is 425. The number of carboxylic acid groups (broad SMARTS) is 1. The molecule has 8 heteroatoms. The first-order valence-corrected chi connectivity index (χ1v) is 5.41. The van der Waals surface area contributed by atoms with Gasteiger partial charge in [0.05, 0.1) is 5.97 Å². The summed E-state index contributed by atoms with van der Waals surface area (Å²) in [5.41, 5.74) is 0.385. The van der Waals surface area contributed by atoms with E-state index in [0.717, 1.165) is 6.07 Å². The third-order valence-corrected chi connectivity index (χ3v) is 3.63. The predicted octanol–water partition coefficient (Wildman–Crippen LogP) is -5.63. The predicted molar refractivity (Wildman–Crippen MR) is 50.4 cm³/mol. The number of carbonyl (C=O) groups excluding carboxylic acids is 1. The van der Waals surface area contributed by atoms with Gasteiger partial charge < -0.3 is 14.5 Å². The fourth-order valence-electron chi connectivity index (χ4n) is 0.976. The van der Waals surface area contributed by atoms with Crippen molar-refractivity contribution >= 4 is 33.0 Å². The Morgan fingerprint density at radius 2 is 1.88 bits per heavy atom. The molecule has 16 heavy (non-hydrogen) atoms. The number of aromatic carboxylic acids is 1. The van der Waals surface area contributed by atoms with Crippen LogP contribution in [-0.4, -0.2) is 14.7 Å². The summed E-state index contributed by atoms with van der Waals surface area (Å²) in [4.78, 5) is 10.4. The smallest absolute Gasteiger partial charge is 0.768 e. The van der Waals surface area contributed by atoms with Crippen LogP contribution in [0, 0.1) is 6.92 Å². The van der Waals surface area contributed by atoms with E-state index in [1.165, 1.54) is 6.07 Å². The molecule has 0 saturated heterocycles. The number of aryl methyl sites for hydroxylation is 1. The van der Waals surface area contributed by atoms with Crippen molar-refractivity contribution in [3.8, 4) is 0 Å². The molecule has 0 amide bonds. The summed E-state index contributed by atoms with van der Waals surface area (Å²) >= 11 is 0.592. The summed E-state index contributed by atoms with van der Waals surface area (Å²) in [5, 5.41) is 10.5. The number of carbonyl (C=O) groups is 1. The van der Waals surface area contributed by atoms with Crippen LogP contribution in [0.2, 0.25) is 0 Å². The van der Waals surface area contributed by atoms with Gasteiger partial charge in [0.25, 0.3) is 0 Å². The van der Waals surface area contributed by atoms with Gasteiger partial charge >= 0.3 is 59.1 Å². The van der Waals surface area contributed by atoms with Gasteiger partial charge in [-0.2, -0.15) is 0 Å². The molecule has 0 aliphatic carbocycles. The van der Waals surface area contributed by atoms with E-state index in [4.69, 9.17) is 0 Å². The van der Waals surface area contributed by atoms with Crippen LogP contribution in [0.5, 0.6) is 0 Å². The summed E-state index contributed by atoms with van der Waals surface area (Å²) < 4.78 is 21.8. The maximum atomic E-state index is 10.7. The Kier molecular flexibility index (Phi) is 10.3. The van der Waals surface area contributed by atoms with E-state index in [9.17, 15) is 18.7 Å². The van der Waals surface area contributed by atoms with Crippen LogP contribution in [0.15, 0.2) is 21.5 Å². The molecular weight excluding hydrogens is 318 g/mol. The van der Waals surface area contributed by atoms with Crippen LogP contribution in [0.25, 0.3) is 0 Å². The van der Waals surface area contributed by atoms with Crippen molar-refractivity contribution in [2.45, 2.75) is 11.8 Å². The maximum Gasteiger partial charge on any atom is 1.00 e. The molecule has 0 aliphatic rings. The Labute approximate surface area is 148 Å². The number of hydrogen-bond acceptors (Lipinski definition) is 4. The minimum atomic E-state index is -2.47. The molecule has 0 aliphatic heterocycles. The van der Waals surface area contributed by atoms with Crippen molar-refractivity contribution < 1.29 is 77.8 Å². The summed E-state index contributed by atoms with van der Waals surface area (Å²) in [5.74, 6) is -1.40. The Morgan fingerprint density at radius 3 is 2.25 bits per heavy atom. The second kappa shape index (κ2) is 8.39. The molecule has 0 saturated carbocycles. The Morgan fingerprint density at radius 1 is 1.38 bits per heavy atom. The minimum Gasteiger partial charge on any atom is -0.768 e. The zero-order chi connectivity index (χ0) is 10.9. The van der Waals surface area contributed by atoms with Crippen molar-refractivity contribution in [3.05, 3.63) is 27.7 Å². The second-order valence-electron chi connectivity index (χ2n) is 2.63. The minimum absolute atomic E-state index is 0. The van der Waals surface area contributed by atoms with Crippen LogP contribution in [0.1, 0.15) is 15.9 Å². The first-order valence-electron chi connectivity index (χ1n) is 3.54. The molecule has 0 spiro atoms. The molecule has 0 N–H and O–H groups in total. The Hall–Kier alpha value is 1.28. The number of rotatable bonds is 2. The SMILES string of the molecule is Cc1cc(C(=O)[O-])cc(S(=O)[O-])c1Br.[Na+].[Na+]. The summed E-state index contributed by atoms with van der Waals surface area (Å²) in [6, 6.07) is 2.39. The van der Waals surface area contributed by atoms with Gasteiger partial charge in [-0.15, -0.1) is 0 Å². The zero-order valence-corrected chi connectivity index (χ0v) is 15.5. The van der Waals surface area contributed by atoms with Gasteiger partial charge in [-0.3, -0.25) is 4.21 Å². The van der Waals surface area contributed by atoms with Crippen molar-refractivity contribution in [1.82, 2.24) is 0 Å². The standard InChI is InChI=1S/C8H7BrO4S.2Na/c1-4-2-5(8(10)11)3-6(7(4)9)14(12)13;;/h2-3H,1H3,(H,10,11)(H,12,13);;/q;2*+1/p-2. The van der Waals surface area contributed by atoms with E-state index in [1.807, 2.05) is 0 Å². The van der Waals surface area contributed by atoms with Gasteiger partial charge in [0.1, 0.15) is 0 Å². The first kappa shape index (κ1) is 19.6. The van der Waals surface area contributed by atoms with Gasteiger partial charge in [0.15, 0.2) is 0 Å². The molecule has 0 aromatic heterocycles. The van der Waals surface area contributed by atoms with Gasteiger partial charge in [0.2, 0.25) is 0 Å². The van der Waals surface area contributed by atoms with Crippen molar-refractivity contribution in [1.29, 1.82) is 0 Å². The largest absolute Gasteiger partial charge is 1.00 e. The summed E-state index contributed by atoms with van der Waals surface area (Å²) in [6.07, 6.45) is 0. The van der Waals surface area contributed by atoms with E-state index in [2.05, 4.69) is 15.9 Å². The number of hydrogen-bond donors (Lipinski definition) is 0. The van der Waals surface area contributed by atoms with Gasteiger partial charge in [0, 0.05) is 9.37 Å². The van der Waals surface area contributed by atoms with Crippen LogP contribution in [-0.2, 0) is 11.1 Å². The number of carboxylic acids is 1. The Balaban J connectivity index is 0.